The highest BCUT2D eigenvalue weighted by molar-refractivity contribution is 7.73. The molecule has 0 aliphatic heterocycles. The third kappa shape index (κ3) is 6.28. The highest BCUT2D eigenvalue weighted by atomic mass is 32.2. The van der Waals surface area contributed by atoms with Crippen LogP contribution in [0.5, 0.6) is 0 Å². The molecular weight excluding hydrogens is 410 g/mol. The summed E-state index contributed by atoms with van der Waals surface area (Å²) in [5.41, 5.74) is 3.48. The highest BCUT2D eigenvalue weighted by Crippen LogP contribution is 2.19. The number of hydrogen-bond donors (Lipinski definition) is 5. The zero-order chi connectivity index (χ0) is 22.2. The summed E-state index contributed by atoms with van der Waals surface area (Å²) in [7, 11) is -2.12. The van der Waals surface area contributed by atoms with Gasteiger partial charge in [0.25, 0.3) is 0 Å². The fourth-order valence-corrected chi connectivity index (χ4v) is 3.11. The van der Waals surface area contributed by atoms with Gasteiger partial charge in [0, 0.05) is 22.2 Å². The number of aliphatic hydroxyl groups is 1. The van der Waals surface area contributed by atoms with E-state index in [-0.39, 0.29) is 12.6 Å². The minimum Gasteiger partial charge on any atom is -0.394 e. The Morgan fingerprint density at radius 2 is 1.84 bits per heavy atom. The van der Waals surface area contributed by atoms with Crippen LogP contribution in [0.15, 0.2) is 59.6 Å². The summed E-state index contributed by atoms with van der Waals surface area (Å²) in [4.78, 5) is 9.31. The van der Waals surface area contributed by atoms with E-state index in [4.69, 9.17) is 4.78 Å². The zero-order valence-electron chi connectivity index (χ0n) is 17.4. The highest BCUT2D eigenvalue weighted by Gasteiger charge is 2.09. The largest absolute Gasteiger partial charge is 0.394 e. The second-order valence-electron chi connectivity index (χ2n) is 6.95. The SMILES string of the molecule is CCc1ccc(C#Cc2cnc(Nc3ccc([SH](=N)=O)cc3)nc2N[C@H](C)CO)cc1. The van der Waals surface area contributed by atoms with Crippen LogP contribution in [0.2, 0.25) is 0 Å². The Labute approximate surface area is 184 Å². The van der Waals surface area contributed by atoms with E-state index in [0.29, 0.717) is 27.9 Å². The Kier molecular flexibility index (Phi) is 7.60. The molecule has 4 N–H and O–H groups in total. The quantitative estimate of drug-likeness (QED) is 0.287. The molecule has 1 unspecified atom stereocenters. The first-order valence-corrected chi connectivity index (χ1v) is 11.2. The van der Waals surface area contributed by atoms with Crippen LogP contribution in [-0.4, -0.2) is 31.9 Å². The molecule has 1 aromatic heterocycles. The molecule has 0 radical (unpaired) electrons. The first kappa shape index (κ1) is 22.3. The van der Waals surface area contributed by atoms with Gasteiger partial charge in [-0.05, 0) is 55.3 Å². The molecular formula is C23H25N5O2S. The van der Waals surface area contributed by atoms with Crippen molar-refractivity contribution in [2.75, 3.05) is 17.2 Å². The van der Waals surface area contributed by atoms with E-state index in [2.05, 4.69) is 51.5 Å². The fourth-order valence-electron chi connectivity index (χ4n) is 2.70. The third-order valence-corrected chi connectivity index (χ3v) is 5.27. The molecule has 0 bridgehead atoms. The Balaban J connectivity index is 1.86. The summed E-state index contributed by atoms with van der Waals surface area (Å²) >= 11 is 0. The second kappa shape index (κ2) is 10.6. The molecule has 0 saturated heterocycles. The number of thiol groups is 1. The van der Waals surface area contributed by atoms with Crippen LogP contribution in [0.25, 0.3) is 0 Å². The van der Waals surface area contributed by atoms with Crippen LogP contribution in [0.3, 0.4) is 0 Å². The van der Waals surface area contributed by atoms with Crippen molar-refractivity contribution in [1.29, 1.82) is 4.78 Å². The maximum Gasteiger partial charge on any atom is 0.229 e. The number of nitrogens with one attached hydrogen (secondary N) is 3. The molecule has 0 aliphatic carbocycles. The van der Waals surface area contributed by atoms with Gasteiger partial charge in [-0.1, -0.05) is 30.9 Å². The van der Waals surface area contributed by atoms with Gasteiger partial charge in [-0.3, -0.25) is 4.78 Å². The zero-order valence-corrected chi connectivity index (χ0v) is 18.3. The van der Waals surface area contributed by atoms with Crippen LogP contribution in [-0.2, 0) is 17.0 Å². The van der Waals surface area contributed by atoms with Crippen LogP contribution in [0, 0.1) is 16.6 Å². The van der Waals surface area contributed by atoms with Crippen molar-refractivity contribution in [3.63, 3.8) is 0 Å². The van der Waals surface area contributed by atoms with Gasteiger partial charge in [-0.25, -0.2) is 9.19 Å². The number of nitrogens with zero attached hydrogens (tertiary/aromatic N) is 2. The Morgan fingerprint density at radius 1 is 1.13 bits per heavy atom. The summed E-state index contributed by atoms with van der Waals surface area (Å²) in [6.45, 7) is 3.90. The molecule has 3 aromatic rings. The summed E-state index contributed by atoms with van der Waals surface area (Å²) in [6, 6.07) is 14.6. The molecule has 160 valence electrons. The first-order chi connectivity index (χ1) is 15.0. The summed E-state index contributed by atoms with van der Waals surface area (Å²) < 4.78 is 18.5. The average Bonchev–Trinajstić information content (AvgIpc) is 2.79. The van der Waals surface area contributed by atoms with Crippen molar-refractivity contribution < 1.29 is 9.32 Å². The summed E-state index contributed by atoms with van der Waals surface area (Å²) in [6.07, 6.45) is 2.61. The van der Waals surface area contributed by atoms with E-state index in [9.17, 15) is 9.32 Å². The minimum absolute atomic E-state index is 0.0507. The normalized spacial score (nSPS) is 12.4. The van der Waals surface area contributed by atoms with Crippen molar-refractivity contribution in [3.8, 4) is 11.8 Å². The molecule has 8 heteroatoms. The van der Waals surface area contributed by atoms with Crippen molar-refractivity contribution in [1.82, 2.24) is 9.97 Å². The van der Waals surface area contributed by atoms with Gasteiger partial charge in [0.2, 0.25) is 5.95 Å². The van der Waals surface area contributed by atoms with Gasteiger partial charge in [0.15, 0.2) is 0 Å². The molecule has 7 nitrogen and oxygen atoms in total. The van der Waals surface area contributed by atoms with E-state index >= 15 is 0 Å². The van der Waals surface area contributed by atoms with E-state index in [1.165, 1.54) is 5.56 Å². The maximum absolute atomic E-state index is 11.3. The molecule has 2 aromatic carbocycles. The Morgan fingerprint density at radius 3 is 2.45 bits per heavy atom. The van der Waals surface area contributed by atoms with Crippen molar-refractivity contribution in [2.24, 2.45) is 0 Å². The summed E-state index contributed by atoms with van der Waals surface area (Å²) in [5, 5.41) is 15.7. The number of aryl methyl sites for hydroxylation is 1. The summed E-state index contributed by atoms with van der Waals surface area (Å²) in [5.74, 6) is 7.11. The van der Waals surface area contributed by atoms with E-state index < -0.39 is 10.6 Å². The maximum atomic E-state index is 11.3. The van der Waals surface area contributed by atoms with Crippen LogP contribution < -0.4 is 10.6 Å². The van der Waals surface area contributed by atoms with Gasteiger partial charge in [0.1, 0.15) is 5.82 Å². The van der Waals surface area contributed by atoms with Crippen molar-refractivity contribution in [2.45, 2.75) is 31.2 Å². The number of anilines is 3. The molecule has 0 fully saturated rings. The Hall–Kier alpha value is -3.41. The van der Waals surface area contributed by atoms with E-state index in [0.717, 1.165) is 12.0 Å². The average molecular weight is 436 g/mol. The minimum atomic E-state index is -2.12. The molecule has 0 aliphatic rings. The third-order valence-electron chi connectivity index (χ3n) is 4.51. The molecule has 0 spiro atoms. The lowest BCUT2D eigenvalue weighted by Crippen LogP contribution is -2.21. The monoisotopic (exact) mass is 435 g/mol. The molecule has 3 rings (SSSR count). The lowest BCUT2D eigenvalue weighted by Gasteiger charge is -2.14. The predicted molar refractivity (Wildman–Crippen MR) is 124 cm³/mol. The predicted octanol–water partition coefficient (Wildman–Crippen LogP) is 3.58. The fraction of sp³-hybridized carbons (Fsp3) is 0.217. The number of hydrogen-bond acceptors (Lipinski definition) is 7. The topological polar surface area (TPSA) is 111 Å². The van der Waals surface area contributed by atoms with Gasteiger partial charge in [0.05, 0.1) is 29.0 Å². The number of aliphatic hydroxyl groups excluding tert-OH is 1. The lowest BCUT2D eigenvalue weighted by molar-refractivity contribution is 0.281. The molecule has 31 heavy (non-hydrogen) atoms. The molecule has 0 amide bonds. The number of aromatic nitrogens is 2. The van der Waals surface area contributed by atoms with Gasteiger partial charge in [-0.15, -0.1) is 0 Å². The molecule has 2 atom stereocenters. The van der Waals surface area contributed by atoms with Crippen LogP contribution in [0.4, 0.5) is 17.5 Å². The second-order valence-corrected chi connectivity index (χ2v) is 8.06. The first-order valence-electron chi connectivity index (χ1n) is 9.89. The molecule has 1 heterocycles. The standard InChI is InChI=1S/C23H25N5O2S/c1-3-17-4-6-18(7-5-17)8-9-19-14-25-23(28-22(19)26-16(2)15-29)27-20-10-12-21(13-11-20)31(24)30/h4-7,10-14,16,24,29,31H,3,15H2,1-2H3,(H2,25,26,27,28)/t16-/m1/s1. The number of benzene rings is 2. The van der Waals surface area contributed by atoms with Crippen molar-refractivity contribution in [3.05, 3.63) is 71.4 Å². The van der Waals surface area contributed by atoms with Crippen LogP contribution in [0.1, 0.15) is 30.5 Å². The number of rotatable bonds is 7. The smallest absolute Gasteiger partial charge is 0.229 e. The van der Waals surface area contributed by atoms with Gasteiger partial charge >= 0.3 is 0 Å². The van der Waals surface area contributed by atoms with Crippen LogP contribution >= 0.6 is 0 Å². The van der Waals surface area contributed by atoms with E-state index in [1.54, 1.807) is 30.5 Å². The van der Waals surface area contributed by atoms with Crippen molar-refractivity contribution >= 4 is 28.0 Å². The molecule has 0 saturated carbocycles. The van der Waals surface area contributed by atoms with E-state index in [1.807, 2.05) is 19.1 Å². The van der Waals surface area contributed by atoms with Gasteiger partial charge < -0.3 is 15.7 Å². The Bertz CT molecular complexity index is 1160. The van der Waals surface area contributed by atoms with Gasteiger partial charge in [-0.2, -0.15) is 4.98 Å². The lowest BCUT2D eigenvalue weighted by atomic mass is 10.1.